The summed E-state index contributed by atoms with van der Waals surface area (Å²) in [6, 6.07) is 13.0. The number of morpholine rings is 1. The molecule has 0 saturated carbocycles. The molecular weight excluding hydrogens is 425 g/mol. The number of nitrogens with one attached hydrogen (secondary N) is 1. The van der Waals surface area contributed by atoms with Gasteiger partial charge in [0.15, 0.2) is 0 Å². The predicted octanol–water partition coefficient (Wildman–Crippen LogP) is 1.90. The Hall–Kier alpha value is -3.56. The van der Waals surface area contributed by atoms with E-state index in [0.717, 1.165) is 19.6 Å². The molecule has 4 aromatic rings. The standard InChI is InChI=1S/C24H24FN5O3/c25-19-3-1-2-17(14-19)16-29-22-15-18(23(31)26-8-9-28-10-12-33-13-11-28)4-5-20(22)30-21(24(29)32)6-7-27-30/h1-7,14-15H,8-13,16H2,(H,26,31). The van der Waals surface area contributed by atoms with Crippen LogP contribution in [0.25, 0.3) is 16.6 Å². The molecule has 5 rings (SSSR count). The first-order valence-corrected chi connectivity index (χ1v) is 10.9. The molecule has 0 atom stereocenters. The van der Waals surface area contributed by atoms with Gasteiger partial charge in [-0.3, -0.25) is 14.5 Å². The summed E-state index contributed by atoms with van der Waals surface area (Å²) in [5, 5.41) is 7.23. The van der Waals surface area contributed by atoms with E-state index in [9.17, 15) is 14.0 Å². The van der Waals surface area contributed by atoms with Crippen LogP contribution >= 0.6 is 0 Å². The summed E-state index contributed by atoms with van der Waals surface area (Å²) in [5.41, 5.74) is 2.51. The van der Waals surface area contributed by atoms with Gasteiger partial charge in [-0.05, 0) is 42.0 Å². The number of carbonyl (C=O) groups is 1. The molecule has 0 spiro atoms. The summed E-state index contributed by atoms with van der Waals surface area (Å²) in [5.74, 6) is -0.578. The Kier molecular flexibility index (Phi) is 5.89. The average molecular weight is 449 g/mol. The molecule has 9 heteroatoms. The number of hydrogen-bond acceptors (Lipinski definition) is 5. The zero-order valence-corrected chi connectivity index (χ0v) is 18.0. The second-order valence-electron chi connectivity index (χ2n) is 8.06. The van der Waals surface area contributed by atoms with Gasteiger partial charge in [-0.1, -0.05) is 12.1 Å². The van der Waals surface area contributed by atoms with Crippen LogP contribution in [0.5, 0.6) is 0 Å². The lowest BCUT2D eigenvalue weighted by Crippen LogP contribution is -2.41. The quantitative estimate of drug-likeness (QED) is 0.486. The predicted molar refractivity (Wildman–Crippen MR) is 122 cm³/mol. The number of fused-ring (bicyclic) bond motifs is 3. The fraction of sp³-hybridized carbons (Fsp3) is 0.292. The topological polar surface area (TPSA) is 80.9 Å². The third-order valence-corrected chi connectivity index (χ3v) is 5.91. The molecule has 1 aliphatic rings. The van der Waals surface area contributed by atoms with Crippen molar-refractivity contribution in [3.05, 3.63) is 82.0 Å². The van der Waals surface area contributed by atoms with E-state index in [1.165, 1.54) is 12.1 Å². The van der Waals surface area contributed by atoms with Crippen molar-refractivity contribution in [1.82, 2.24) is 24.4 Å². The van der Waals surface area contributed by atoms with Crippen LogP contribution in [-0.4, -0.2) is 64.4 Å². The summed E-state index contributed by atoms with van der Waals surface area (Å²) in [6.45, 7) is 4.59. The second-order valence-corrected chi connectivity index (χ2v) is 8.06. The maximum absolute atomic E-state index is 13.7. The van der Waals surface area contributed by atoms with Crippen LogP contribution in [0.2, 0.25) is 0 Å². The monoisotopic (exact) mass is 449 g/mol. The first-order valence-electron chi connectivity index (χ1n) is 10.9. The Morgan fingerprint density at radius 2 is 1.91 bits per heavy atom. The van der Waals surface area contributed by atoms with Crippen LogP contribution in [0.4, 0.5) is 4.39 Å². The van der Waals surface area contributed by atoms with Gasteiger partial charge in [0.05, 0.1) is 37.0 Å². The smallest absolute Gasteiger partial charge is 0.277 e. The highest BCUT2D eigenvalue weighted by molar-refractivity contribution is 5.97. The first-order chi connectivity index (χ1) is 16.1. The zero-order valence-electron chi connectivity index (χ0n) is 18.0. The van der Waals surface area contributed by atoms with Crippen LogP contribution in [-0.2, 0) is 11.3 Å². The molecule has 8 nitrogen and oxygen atoms in total. The van der Waals surface area contributed by atoms with Crippen molar-refractivity contribution in [3.63, 3.8) is 0 Å². The molecule has 0 aliphatic carbocycles. The van der Waals surface area contributed by atoms with Crippen molar-refractivity contribution in [3.8, 4) is 0 Å². The van der Waals surface area contributed by atoms with Crippen molar-refractivity contribution in [2.24, 2.45) is 0 Å². The number of halogens is 1. The fourth-order valence-electron chi connectivity index (χ4n) is 4.19. The Labute approximate surface area is 189 Å². The highest BCUT2D eigenvalue weighted by Gasteiger charge is 2.16. The lowest BCUT2D eigenvalue weighted by atomic mass is 10.1. The molecule has 0 unspecified atom stereocenters. The van der Waals surface area contributed by atoms with Gasteiger partial charge < -0.3 is 14.6 Å². The summed E-state index contributed by atoms with van der Waals surface area (Å²) in [4.78, 5) is 28.3. The van der Waals surface area contributed by atoms with Crippen LogP contribution < -0.4 is 10.9 Å². The molecule has 170 valence electrons. The van der Waals surface area contributed by atoms with Crippen LogP contribution in [0.1, 0.15) is 15.9 Å². The van der Waals surface area contributed by atoms with Crippen LogP contribution in [0, 0.1) is 5.82 Å². The minimum atomic E-state index is -0.365. The van der Waals surface area contributed by atoms with Gasteiger partial charge in [-0.15, -0.1) is 0 Å². The molecule has 1 N–H and O–H groups in total. The van der Waals surface area contributed by atoms with E-state index in [0.29, 0.717) is 47.4 Å². The lowest BCUT2D eigenvalue weighted by molar-refractivity contribution is 0.0383. The van der Waals surface area contributed by atoms with Gasteiger partial charge in [0.1, 0.15) is 11.3 Å². The molecular formula is C24H24FN5O3. The van der Waals surface area contributed by atoms with E-state index in [1.54, 1.807) is 51.7 Å². The van der Waals surface area contributed by atoms with Crippen molar-refractivity contribution in [2.75, 3.05) is 39.4 Å². The van der Waals surface area contributed by atoms with E-state index >= 15 is 0 Å². The zero-order chi connectivity index (χ0) is 22.8. The Balaban J connectivity index is 1.47. The van der Waals surface area contributed by atoms with Crippen molar-refractivity contribution in [1.29, 1.82) is 0 Å². The molecule has 2 aromatic carbocycles. The van der Waals surface area contributed by atoms with E-state index in [4.69, 9.17) is 4.74 Å². The van der Waals surface area contributed by atoms with Gasteiger partial charge in [0, 0.05) is 31.7 Å². The first kappa shape index (κ1) is 21.3. The molecule has 1 fully saturated rings. The van der Waals surface area contributed by atoms with Gasteiger partial charge in [-0.2, -0.15) is 5.10 Å². The van der Waals surface area contributed by atoms with Gasteiger partial charge in [0.2, 0.25) is 0 Å². The van der Waals surface area contributed by atoms with Crippen molar-refractivity contribution < 1.29 is 13.9 Å². The minimum Gasteiger partial charge on any atom is -0.379 e. The fourth-order valence-corrected chi connectivity index (χ4v) is 4.19. The van der Waals surface area contributed by atoms with E-state index < -0.39 is 0 Å². The lowest BCUT2D eigenvalue weighted by Gasteiger charge is -2.26. The highest BCUT2D eigenvalue weighted by Crippen LogP contribution is 2.18. The highest BCUT2D eigenvalue weighted by atomic mass is 19.1. The van der Waals surface area contributed by atoms with E-state index in [1.807, 2.05) is 0 Å². The summed E-state index contributed by atoms with van der Waals surface area (Å²) >= 11 is 0. The normalized spacial score (nSPS) is 14.7. The molecule has 2 aromatic heterocycles. The molecule has 33 heavy (non-hydrogen) atoms. The maximum atomic E-state index is 13.7. The number of aromatic nitrogens is 3. The molecule has 0 bridgehead atoms. The molecule has 3 heterocycles. The molecule has 0 radical (unpaired) electrons. The third kappa shape index (κ3) is 4.37. The van der Waals surface area contributed by atoms with Gasteiger partial charge in [-0.25, -0.2) is 8.91 Å². The number of rotatable bonds is 6. The number of carbonyl (C=O) groups excluding carboxylic acids is 1. The number of ether oxygens (including phenoxy) is 1. The third-order valence-electron chi connectivity index (χ3n) is 5.91. The maximum Gasteiger partial charge on any atom is 0.277 e. The number of amides is 1. The second kappa shape index (κ2) is 9.13. The van der Waals surface area contributed by atoms with E-state index in [2.05, 4.69) is 15.3 Å². The number of hydrogen-bond donors (Lipinski definition) is 1. The van der Waals surface area contributed by atoms with Crippen LogP contribution in [0.15, 0.2) is 59.5 Å². The minimum absolute atomic E-state index is 0.177. The summed E-state index contributed by atoms with van der Waals surface area (Å²) < 4.78 is 22.2. The molecule has 1 amide bonds. The van der Waals surface area contributed by atoms with Crippen molar-refractivity contribution in [2.45, 2.75) is 6.54 Å². The number of benzene rings is 2. The Morgan fingerprint density at radius 1 is 1.06 bits per heavy atom. The molecule has 1 aliphatic heterocycles. The van der Waals surface area contributed by atoms with Gasteiger partial charge >= 0.3 is 0 Å². The Bertz CT molecular complexity index is 1370. The van der Waals surface area contributed by atoms with Crippen molar-refractivity contribution >= 4 is 22.5 Å². The summed E-state index contributed by atoms with van der Waals surface area (Å²) in [7, 11) is 0. The van der Waals surface area contributed by atoms with E-state index in [-0.39, 0.29) is 23.8 Å². The van der Waals surface area contributed by atoms with Crippen LogP contribution in [0.3, 0.4) is 0 Å². The van der Waals surface area contributed by atoms with Gasteiger partial charge in [0.25, 0.3) is 11.5 Å². The largest absolute Gasteiger partial charge is 0.379 e. The molecule has 1 saturated heterocycles. The Morgan fingerprint density at radius 3 is 2.73 bits per heavy atom. The SMILES string of the molecule is O=C(NCCN1CCOCC1)c1ccc2c(c1)n(Cc1cccc(F)c1)c(=O)c1ccnn12. The summed E-state index contributed by atoms with van der Waals surface area (Å²) in [6.07, 6.45) is 1.56. The number of nitrogens with zero attached hydrogens (tertiary/aromatic N) is 4. The average Bonchev–Trinajstić information content (AvgIpc) is 3.32.